The van der Waals surface area contributed by atoms with E-state index in [0.29, 0.717) is 0 Å². The highest BCUT2D eigenvalue weighted by Gasteiger charge is 2.07. The SMILES string of the molecule is OC(CCc1ccsc1)c1ccc(Br)cc1. The number of rotatable bonds is 4. The van der Waals surface area contributed by atoms with Crippen molar-refractivity contribution in [2.75, 3.05) is 0 Å². The van der Waals surface area contributed by atoms with Crippen LogP contribution >= 0.6 is 27.3 Å². The lowest BCUT2D eigenvalue weighted by Gasteiger charge is -2.10. The first-order chi connectivity index (χ1) is 7.75. The van der Waals surface area contributed by atoms with Crippen molar-refractivity contribution in [1.29, 1.82) is 0 Å². The molecular weight excluding hydrogens is 284 g/mol. The van der Waals surface area contributed by atoms with E-state index < -0.39 is 0 Å². The smallest absolute Gasteiger partial charge is 0.0793 e. The van der Waals surface area contributed by atoms with E-state index in [0.717, 1.165) is 22.9 Å². The Labute approximate surface area is 108 Å². The summed E-state index contributed by atoms with van der Waals surface area (Å²) >= 11 is 5.09. The van der Waals surface area contributed by atoms with Crippen molar-refractivity contribution in [2.45, 2.75) is 18.9 Å². The largest absolute Gasteiger partial charge is 0.388 e. The number of aryl methyl sites for hydroxylation is 1. The van der Waals surface area contributed by atoms with Crippen LogP contribution in [0.15, 0.2) is 45.6 Å². The highest BCUT2D eigenvalue weighted by atomic mass is 79.9. The molecule has 0 saturated carbocycles. The number of halogens is 1. The summed E-state index contributed by atoms with van der Waals surface area (Å²) in [7, 11) is 0. The first kappa shape index (κ1) is 11.8. The highest BCUT2D eigenvalue weighted by molar-refractivity contribution is 9.10. The third-order valence-corrected chi connectivity index (χ3v) is 3.80. The second kappa shape index (κ2) is 5.62. The van der Waals surface area contributed by atoms with Crippen molar-refractivity contribution in [2.24, 2.45) is 0 Å². The monoisotopic (exact) mass is 296 g/mol. The summed E-state index contributed by atoms with van der Waals surface area (Å²) in [6, 6.07) is 9.95. The summed E-state index contributed by atoms with van der Waals surface area (Å²) < 4.78 is 1.04. The highest BCUT2D eigenvalue weighted by Crippen LogP contribution is 2.21. The molecule has 1 heterocycles. The van der Waals surface area contributed by atoms with E-state index in [1.54, 1.807) is 11.3 Å². The van der Waals surface area contributed by atoms with E-state index in [1.807, 2.05) is 24.3 Å². The van der Waals surface area contributed by atoms with Gasteiger partial charge in [0.25, 0.3) is 0 Å². The molecule has 0 radical (unpaired) electrons. The fourth-order valence-electron chi connectivity index (χ4n) is 1.59. The maximum absolute atomic E-state index is 10.00. The van der Waals surface area contributed by atoms with Gasteiger partial charge >= 0.3 is 0 Å². The van der Waals surface area contributed by atoms with Gasteiger partial charge in [-0.3, -0.25) is 0 Å². The zero-order chi connectivity index (χ0) is 11.4. The first-order valence-corrected chi connectivity index (χ1v) is 6.94. The lowest BCUT2D eigenvalue weighted by atomic mass is 10.0. The molecular formula is C13H13BrOS. The van der Waals surface area contributed by atoms with Crippen LogP contribution < -0.4 is 0 Å². The molecule has 0 aliphatic heterocycles. The molecule has 3 heteroatoms. The summed E-state index contributed by atoms with van der Waals surface area (Å²) in [6.45, 7) is 0. The predicted molar refractivity (Wildman–Crippen MR) is 71.7 cm³/mol. The number of aliphatic hydroxyl groups excluding tert-OH is 1. The maximum Gasteiger partial charge on any atom is 0.0793 e. The van der Waals surface area contributed by atoms with Crippen LogP contribution in [0.25, 0.3) is 0 Å². The third-order valence-electron chi connectivity index (χ3n) is 2.54. The van der Waals surface area contributed by atoms with Gasteiger partial charge in [0, 0.05) is 4.47 Å². The Balaban J connectivity index is 1.93. The van der Waals surface area contributed by atoms with Crippen molar-refractivity contribution in [1.82, 2.24) is 0 Å². The molecule has 0 spiro atoms. The lowest BCUT2D eigenvalue weighted by Crippen LogP contribution is -1.98. The average molecular weight is 297 g/mol. The molecule has 0 bridgehead atoms. The minimum Gasteiger partial charge on any atom is -0.388 e. The Hall–Kier alpha value is -0.640. The van der Waals surface area contributed by atoms with E-state index in [9.17, 15) is 5.11 Å². The minimum atomic E-state index is -0.368. The van der Waals surface area contributed by atoms with E-state index in [1.165, 1.54) is 5.56 Å². The topological polar surface area (TPSA) is 20.2 Å². The summed E-state index contributed by atoms with van der Waals surface area (Å²) in [5, 5.41) is 14.2. The molecule has 2 rings (SSSR count). The van der Waals surface area contributed by atoms with Crippen molar-refractivity contribution < 1.29 is 5.11 Å². The first-order valence-electron chi connectivity index (χ1n) is 5.20. The summed E-state index contributed by atoms with van der Waals surface area (Å²) in [5.74, 6) is 0. The van der Waals surface area contributed by atoms with Crippen molar-refractivity contribution in [3.05, 3.63) is 56.7 Å². The Morgan fingerprint density at radius 3 is 2.56 bits per heavy atom. The van der Waals surface area contributed by atoms with Crippen molar-refractivity contribution in [3.8, 4) is 0 Å². The molecule has 0 amide bonds. The summed E-state index contributed by atoms with van der Waals surface area (Å²) in [6.07, 6.45) is 1.34. The molecule has 1 nitrogen and oxygen atoms in total. The summed E-state index contributed by atoms with van der Waals surface area (Å²) in [5.41, 5.74) is 2.29. The van der Waals surface area contributed by atoms with Crippen LogP contribution in [-0.2, 0) is 6.42 Å². The number of hydrogen-bond donors (Lipinski definition) is 1. The van der Waals surface area contributed by atoms with Gasteiger partial charge in [0.2, 0.25) is 0 Å². The number of aliphatic hydroxyl groups is 1. The molecule has 0 aliphatic rings. The van der Waals surface area contributed by atoms with E-state index in [-0.39, 0.29) is 6.10 Å². The molecule has 84 valence electrons. The Bertz CT molecular complexity index is 422. The molecule has 1 aromatic heterocycles. The Morgan fingerprint density at radius 2 is 1.94 bits per heavy atom. The minimum absolute atomic E-state index is 0.368. The molecule has 0 saturated heterocycles. The molecule has 2 aromatic rings. The van der Waals surface area contributed by atoms with Crippen LogP contribution in [0, 0.1) is 0 Å². The Morgan fingerprint density at radius 1 is 1.19 bits per heavy atom. The standard InChI is InChI=1S/C13H13BrOS/c14-12-4-2-11(3-5-12)13(15)6-1-10-7-8-16-9-10/h2-5,7-9,13,15H,1,6H2. The van der Waals surface area contributed by atoms with E-state index >= 15 is 0 Å². The fraction of sp³-hybridized carbons (Fsp3) is 0.231. The van der Waals surface area contributed by atoms with Crippen LogP contribution in [-0.4, -0.2) is 5.11 Å². The van der Waals surface area contributed by atoms with Crippen LogP contribution in [0.1, 0.15) is 23.7 Å². The zero-order valence-electron chi connectivity index (χ0n) is 8.77. The van der Waals surface area contributed by atoms with Crippen LogP contribution in [0.4, 0.5) is 0 Å². The van der Waals surface area contributed by atoms with E-state index in [2.05, 4.69) is 32.8 Å². The molecule has 0 aliphatic carbocycles. The van der Waals surface area contributed by atoms with Crippen LogP contribution in [0.3, 0.4) is 0 Å². The van der Waals surface area contributed by atoms with Crippen molar-refractivity contribution >= 4 is 27.3 Å². The fourth-order valence-corrected chi connectivity index (χ4v) is 2.56. The Kier molecular flexibility index (Phi) is 4.16. The summed E-state index contributed by atoms with van der Waals surface area (Å²) in [4.78, 5) is 0. The van der Waals surface area contributed by atoms with Gasteiger partial charge in [-0.15, -0.1) is 0 Å². The molecule has 1 aromatic carbocycles. The van der Waals surface area contributed by atoms with Gasteiger partial charge in [0.15, 0.2) is 0 Å². The van der Waals surface area contributed by atoms with Crippen LogP contribution in [0.2, 0.25) is 0 Å². The molecule has 1 N–H and O–H groups in total. The normalized spacial score (nSPS) is 12.6. The lowest BCUT2D eigenvalue weighted by molar-refractivity contribution is 0.168. The average Bonchev–Trinajstić information content (AvgIpc) is 2.80. The van der Waals surface area contributed by atoms with Gasteiger partial charge in [-0.05, 0) is 52.9 Å². The quantitative estimate of drug-likeness (QED) is 0.897. The van der Waals surface area contributed by atoms with E-state index in [4.69, 9.17) is 0 Å². The zero-order valence-corrected chi connectivity index (χ0v) is 11.2. The van der Waals surface area contributed by atoms with Gasteiger partial charge in [0.1, 0.15) is 0 Å². The van der Waals surface area contributed by atoms with Gasteiger partial charge in [-0.25, -0.2) is 0 Å². The van der Waals surface area contributed by atoms with Crippen molar-refractivity contribution in [3.63, 3.8) is 0 Å². The third kappa shape index (κ3) is 3.17. The van der Waals surface area contributed by atoms with Gasteiger partial charge in [-0.2, -0.15) is 11.3 Å². The van der Waals surface area contributed by atoms with Gasteiger partial charge < -0.3 is 5.11 Å². The number of benzene rings is 1. The molecule has 0 fully saturated rings. The van der Waals surface area contributed by atoms with Gasteiger partial charge in [-0.1, -0.05) is 28.1 Å². The second-order valence-corrected chi connectivity index (χ2v) is 5.43. The maximum atomic E-state index is 10.00. The number of hydrogen-bond acceptors (Lipinski definition) is 2. The molecule has 1 unspecified atom stereocenters. The second-order valence-electron chi connectivity index (χ2n) is 3.74. The predicted octanol–water partition coefficient (Wildman–Crippen LogP) is 4.18. The molecule has 16 heavy (non-hydrogen) atoms. The van der Waals surface area contributed by atoms with Gasteiger partial charge in [0.05, 0.1) is 6.10 Å². The molecule has 1 atom stereocenters. The number of thiophene rings is 1. The van der Waals surface area contributed by atoms with Crippen LogP contribution in [0.5, 0.6) is 0 Å².